The van der Waals surface area contributed by atoms with Crippen LogP contribution in [0.4, 0.5) is 5.69 Å². The highest BCUT2D eigenvalue weighted by molar-refractivity contribution is 7.92. The Bertz CT molecular complexity index is 1160. The molecule has 0 saturated heterocycles. The van der Waals surface area contributed by atoms with Gasteiger partial charge in [-0.1, -0.05) is 6.92 Å². The highest BCUT2D eigenvalue weighted by Crippen LogP contribution is 2.32. The van der Waals surface area contributed by atoms with Crippen molar-refractivity contribution in [2.45, 2.75) is 43.9 Å². The number of rotatable bonds is 9. The number of nitrogens with one attached hydrogen (secondary N) is 1. The van der Waals surface area contributed by atoms with E-state index in [0.29, 0.717) is 18.8 Å². The zero-order valence-corrected chi connectivity index (χ0v) is 21.5. The van der Waals surface area contributed by atoms with Gasteiger partial charge in [-0.2, -0.15) is 8.42 Å². The van der Waals surface area contributed by atoms with Crippen LogP contribution in [-0.4, -0.2) is 84.2 Å². The number of aliphatic hydroxyl groups is 1. The highest BCUT2D eigenvalue weighted by atomic mass is 32.2. The lowest BCUT2D eigenvalue weighted by molar-refractivity contribution is 0.0344. The van der Waals surface area contributed by atoms with Gasteiger partial charge in [0.1, 0.15) is 11.9 Å². The number of carbonyl (C=O) groups excluding carboxylic acids is 1. The van der Waals surface area contributed by atoms with Gasteiger partial charge in [-0.25, -0.2) is 4.98 Å². The van der Waals surface area contributed by atoms with Gasteiger partial charge in [0, 0.05) is 44.5 Å². The van der Waals surface area contributed by atoms with Crippen molar-refractivity contribution in [2.75, 3.05) is 38.0 Å². The molecule has 0 radical (unpaired) electrons. The smallest absolute Gasteiger partial charge is 0.280 e. The van der Waals surface area contributed by atoms with Crippen LogP contribution in [0.25, 0.3) is 0 Å². The largest absolute Gasteiger partial charge is 0.488 e. The monoisotopic (exact) mass is 505 g/mol. The maximum absolute atomic E-state index is 13.5. The van der Waals surface area contributed by atoms with Gasteiger partial charge in [-0.05, 0) is 50.9 Å². The Balaban J connectivity index is 1.64. The molecule has 4 rings (SSSR count). The first-order chi connectivity index (χ1) is 16.6. The molecule has 3 atom stereocenters. The van der Waals surface area contributed by atoms with E-state index in [2.05, 4.69) is 28.6 Å². The fourth-order valence-electron chi connectivity index (χ4n) is 4.36. The minimum atomic E-state index is -3.92. The third-order valence-corrected chi connectivity index (χ3v) is 7.90. The van der Waals surface area contributed by atoms with Crippen molar-refractivity contribution < 1.29 is 23.1 Å². The Labute approximate surface area is 206 Å². The molecule has 192 valence electrons. The first kappa shape index (κ1) is 25.5. The van der Waals surface area contributed by atoms with E-state index in [0.717, 1.165) is 12.5 Å². The van der Waals surface area contributed by atoms with E-state index in [1.807, 2.05) is 0 Å². The van der Waals surface area contributed by atoms with E-state index in [-0.39, 0.29) is 40.8 Å². The quantitative estimate of drug-likeness (QED) is 0.534. The van der Waals surface area contributed by atoms with Gasteiger partial charge < -0.3 is 24.2 Å². The number of benzene rings is 1. The molecule has 10 nitrogen and oxygen atoms in total. The number of fused-ring (bicyclic) bond motifs is 1. The first-order valence-corrected chi connectivity index (χ1v) is 13.5. The average Bonchev–Trinajstić information content (AvgIpc) is 3.50. The molecule has 1 aromatic carbocycles. The number of likely N-dealkylation sites (N-methyl/N-ethyl adjacent to an activating group) is 1. The molecule has 1 aliphatic carbocycles. The Morgan fingerprint density at radius 3 is 2.69 bits per heavy atom. The summed E-state index contributed by atoms with van der Waals surface area (Å²) >= 11 is 0. The highest BCUT2D eigenvalue weighted by Gasteiger charge is 2.34. The molecule has 0 spiro atoms. The second-order valence-electron chi connectivity index (χ2n) is 9.98. The van der Waals surface area contributed by atoms with Crippen molar-refractivity contribution in [2.24, 2.45) is 18.9 Å². The van der Waals surface area contributed by atoms with Crippen LogP contribution < -0.4 is 9.46 Å². The van der Waals surface area contributed by atoms with Crippen LogP contribution in [0.1, 0.15) is 37.0 Å². The second kappa shape index (κ2) is 10.2. The second-order valence-corrected chi connectivity index (χ2v) is 11.6. The van der Waals surface area contributed by atoms with Crippen molar-refractivity contribution in [3.8, 4) is 5.75 Å². The van der Waals surface area contributed by atoms with E-state index in [4.69, 9.17) is 4.74 Å². The number of aromatic nitrogens is 2. The fraction of sp³-hybridized carbons (Fsp3) is 0.583. The lowest BCUT2D eigenvalue weighted by Crippen LogP contribution is -2.50. The van der Waals surface area contributed by atoms with Gasteiger partial charge in [0.25, 0.3) is 15.9 Å². The van der Waals surface area contributed by atoms with Crippen LogP contribution in [0.15, 0.2) is 35.7 Å². The van der Waals surface area contributed by atoms with Gasteiger partial charge in [0.15, 0.2) is 5.03 Å². The van der Waals surface area contributed by atoms with Crippen molar-refractivity contribution in [3.05, 3.63) is 36.3 Å². The van der Waals surface area contributed by atoms with E-state index in [9.17, 15) is 18.3 Å². The number of ether oxygens (including phenoxy) is 1. The number of sulfonamides is 1. The van der Waals surface area contributed by atoms with Gasteiger partial charge in [-0.3, -0.25) is 9.52 Å². The van der Waals surface area contributed by atoms with E-state index in [1.165, 1.54) is 31.4 Å². The van der Waals surface area contributed by atoms with Gasteiger partial charge >= 0.3 is 0 Å². The SMILES string of the molecule is C[C@@H]1CN([C@H](C)CO)C(=O)c2cc(NS(=O)(=O)c3cn(C)cn3)ccc2O[C@H]1CN(C)CC1CC1. The van der Waals surface area contributed by atoms with E-state index < -0.39 is 16.1 Å². The Kier molecular flexibility index (Phi) is 7.39. The maximum atomic E-state index is 13.5. The third kappa shape index (κ3) is 5.96. The molecule has 1 saturated carbocycles. The number of hydrogen-bond acceptors (Lipinski definition) is 7. The van der Waals surface area contributed by atoms with Gasteiger partial charge in [0.05, 0.1) is 24.5 Å². The maximum Gasteiger partial charge on any atom is 0.280 e. The number of amides is 1. The average molecular weight is 506 g/mol. The fourth-order valence-corrected chi connectivity index (χ4v) is 5.39. The van der Waals surface area contributed by atoms with Crippen LogP contribution in [0.2, 0.25) is 0 Å². The number of anilines is 1. The topological polar surface area (TPSA) is 117 Å². The summed E-state index contributed by atoms with van der Waals surface area (Å²) < 4.78 is 36.0. The summed E-state index contributed by atoms with van der Waals surface area (Å²) in [4.78, 5) is 21.4. The van der Waals surface area contributed by atoms with E-state index in [1.54, 1.807) is 35.6 Å². The Hall–Kier alpha value is -2.63. The molecule has 2 aliphatic rings. The molecule has 2 N–H and O–H groups in total. The zero-order valence-electron chi connectivity index (χ0n) is 20.7. The number of carbonyl (C=O) groups is 1. The molecular weight excluding hydrogens is 470 g/mol. The number of hydrogen-bond donors (Lipinski definition) is 2. The lowest BCUT2D eigenvalue weighted by atomic mass is 9.99. The Morgan fingerprint density at radius 2 is 2.06 bits per heavy atom. The summed E-state index contributed by atoms with van der Waals surface area (Å²) in [7, 11) is -0.152. The number of aliphatic hydroxyl groups excluding tert-OH is 1. The van der Waals surface area contributed by atoms with Crippen molar-refractivity contribution >= 4 is 21.6 Å². The molecule has 11 heteroatoms. The summed E-state index contributed by atoms with van der Waals surface area (Å²) in [5, 5.41) is 9.71. The van der Waals surface area contributed by atoms with Crippen LogP contribution in [0.3, 0.4) is 0 Å². The number of aryl methyl sites for hydroxylation is 1. The molecule has 0 unspecified atom stereocenters. The molecule has 1 amide bonds. The van der Waals surface area contributed by atoms with Crippen LogP contribution >= 0.6 is 0 Å². The summed E-state index contributed by atoms with van der Waals surface area (Å²) in [6.07, 6.45) is 5.17. The first-order valence-electron chi connectivity index (χ1n) is 12.0. The molecule has 1 aromatic heterocycles. The molecule has 1 fully saturated rings. The third-order valence-electron chi connectivity index (χ3n) is 6.63. The predicted octanol–water partition coefficient (Wildman–Crippen LogP) is 1.78. The van der Waals surface area contributed by atoms with Crippen LogP contribution in [0, 0.1) is 11.8 Å². The van der Waals surface area contributed by atoms with Crippen molar-refractivity contribution in [1.29, 1.82) is 0 Å². The minimum Gasteiger partial charge on any atom is -0.488 e. The van der Waals surface area contributed by atoms with Crippen molar-refractivity contribution in [1.82, 2.24) is 19.4 Å². The summed E-state index contributed by atoms with van der Waals surface area (Å²) in [5.41, 5.74) is 0.493. The van der Waals surface area contributed by atoms with Crippen LogP contribution in [-0.2, 0) is 17.1 Å². The molecule has 35 heavy (non-hydrogen) atoms. The van der Waals surface area contributed by atoms with Crippen LogP contribution in [0.5, 0.6) is 5.75 Å². The normalized spacial score (nSPS) is 21.8. The standard InChI is InChI=1S/C24H35N5O5S/c1-16-10-29(17(2)14-30)24(31)20-9-19(26-35(32,33)23-13-28(4)15-25-23)7-8-21(20)34-22(16)12-27(3)11-18-5-6-18/h7-9,13,15-18,22,26,30H,5-6,10-12,14H2,1-4H3/t16-,17-,22+/m1/s1. The predicted molar refractivity (Wildman–Crippen MR) is 132 cm³/mol. The van der Waals surface area contributed by atoms with Gasteiger partial charge in [0.2, 0.25) is 0 Å². The number of nitrogens with zero attached hydrogens (tertiary/aromatic N) is 4. The molecule has 1 aliphatic heterocycles. The summed E-state index contributed by atoms with van der Waals surface area (Å²) in [6, 6.07) is 4.33. The summed E-state index contributed by atoms with van der Waals surface area (Å²) in [6.45, 7) is 5.83. The zero-order chi connectivity index (χ0) is 25.3. The van der Waals surface area contributed by atoms with E-state index >= 15 is 0 Å². The lowest BCUT2D eigenvalue weighted by Gasteiger charge is -2.38. The summed E-state index contributed by atoms with van der Waals surface area (Å²) in [5.74, 6) is 0.878. The number of imidazole rings is 1. The molecule has 0 bridgehead atoms. The minimum absolute atomic E-state index is 0.0325. The van der Waals surface area contributed by atoms with Gasteiger partial charge in [-0.15, -0.1) is 0 Å². The Morgan fingerprint density at radius 1 is 1.31 bits per heavy atom. The van der Waals surface area contributed by atoms with Crippen molar-refractivity contribution in [3.63, 3.8) is 0 Å². The molecule has 2 aromatic rings. The molecular formula is C24H35N5O5S. The molecule has 2 heterocycles.